The topological polar surface area (TPSA) is 70.7 Å². The Morgan fingerprint density at radius 3 is 2.48 bits per heavy atom. The third-order valence-electron chi connectivity index (χ3n) is 4.94. The van der Waals surface area contributed by atoms with Crippen molar-refractivity contribution in [1.82, 2.24) is 10.2 Å². The van der Waals surface area contributed by atoms with E-state index in [0.29, 0.717) is 23.8 Å². The van der Waals surface area contributed by atoms with Gasteiger partial charge in [-0.2, -0.15) is 0 Å². The summed E-state index contributed by atoms with van der Waals surface area (Å²) in [6, 6.07) is 7.17. The fourth-order valence-electron chi connectivity index (χ4n) is 3.44. The van der Waals surface area contributed by atoms with E-state index in [1.807, 2.05) is 0 Å². The molecule has 136 valence electrons. The van der Waals surface area contributed by atoms with Gasteiger partial charge in [0.2, 0.25) is 0 Å². The largest absolute Gasteiger partial charge is 0.376 e. The van der Waals surface area contributed by atoms with E-state index in [1.54, 1.807) is 36.2 Å². The summed E-state index contributed by atoms with van der Waals surface area (Å²) in [5.74, 6) is -0.0414. The van der Waals surface area contributed by atoms with Crippen LogP contribution in [0, 0.1) is 0 Å². The first-order valence-electron chi connectivity index (χ1n) is 9.16. The molecule has 2 fully saturated rings. The van der Waals surface area contributed by atoms with E-state index in [0.717, 1.165) is 32.3 Å². The van der Waals surface area contributed by atoms with Gasteiger partial charge in [-0.05, 0) is 49.9 Å². The Hall–Kier alpha value is -2.08. The number of benzene rings is 1. The van der Waals surface area contributed by atoms with Crippen LogP contribution in [0.1, 0.15) is 48.9 Å². The average molecular weight is 345 g/mol. The standard InChI is InChI=1S/C19H27N3O3/c1-22(13-17-7-4-12-25-17)19(24)21-16-10-8-14(9-11-16)18(23)20-15-5-2-3-6-15/h8-11,15,17H,2-7,12-13H2,1H3,(H,20,23)(H,21,24)/t17-/m0/s1. The summed E-state index contributed by atoms with van der Waals surface area (Å²) >= 11 is 0. The highest BCUT2D eigenvalue weighted by Gasteiger charge is 2.20. The molecule has 1 aliphatic carbocycles. The highest BCUT2D eigenvalue weighted by atomic mass is 16.5. The molecule has 1 atom stereocenters. The van der Waals surface area contributed by atoms with Crippen LogP contribution in [0.5, 0.6) is 0 Å². The van der Waals surface area contributed by atoms with Crippen LogP contribution in [-0.4, -0.2) is 49.2 Å². The fourth-order valence-corrected chi connectivity index (χ4v) is 3.44. The van der Waals surface area contributed by atoms with Gasteiger partial charge in [0.1, 0.15) is 0 Å². The van der Waals surface area contributed by atoms with Gasteiger partial charge >= 0.3 is 6.03 Å². The first-order chi connectivity index (χ1) is 12.1. The highest BCUT2D eigenvalue weighted by molar-refractivity contribution is 5.95. The van der Waals surface area contributed by atoms with Crippen LogP contribution in [-0.2, 0) is 4.74 Å². The molecule has 6 heteroatoms. The van der Waals surface area contributed by atoms with Crippen LogP contribution >= 0.6 is 0 Å². The summed E-state index contributed by atoms with van der Waals surface area (Å²) in [6.45, 7) is 1.37. The van der Waals surface area contributed by atoms with Crippen LogP contribution < -0.4 is 10.6 Å². The number of nitrogens with one attached hydrogen (secondary N) is 2. The number of ether oxygens (including phenoxy) is 1. The van der Waals surface area contributed by atoms with E-state index in [9.17, 15) is 9.59 Å². The molecule has 0 unspecified atom stereocenters. The highest BCUT2D eigenvalue weighted by Crippen LogP contribution is 2.19. The van der Waals surface area contributed by atoms with Gasteiger partial charge in [-0.15, -0.1) is 0 Å². The number of carbonyl (C=O) groups is 2. The number of carbonyl (C=O) groups excluding carboxylic acids is 2. The summed E-state index contributed by atoms with van der Waals surface area (Å²) < 4.78 is 5.55. The van der Waals surface area contributed by atoms with Gasteiger partial charge in [0.25, 0.3) is 5.91 Å². The molecule has 0 bridgehead atoms. The van der Waals surface area contributed by atoms with E-state index in [2.05, 4.69) is 10.6 Å². The number of amides is 3. The Morgan fingerprint density at radius 1 is 1.12 bits per heavy atom. The second kappa shape index (κ2) is 8.34. The maximum atomic E-state index is 12.2. The van der Waals surface area contributed by atoms with Crippen molar-refractivity contribution in [2.75, 3.05) is 25.5 Å². The second-order valence-electron chi connectivity index (χ2n) is 6.98. The lowest BCUT2D eigenvalue weighted by Crippen LogP contribution is -2.37. The monoisotopic (exact) mass is 345 g/mol. The maximum absolute atomic E-state index is 12.2. The summed E-state index contributed by atoms with van der Waals surface area (Å²) in [4.78, 5) is 26.1. The zero-order valence-corrected chi connectivity index (χ0v) is 14.8. The number of hydrogen-bond acceptors (Lipinski definition) is 3. The molecule has 3 rings (SSSR count). The van der Waals surface area contributed by atoms with Gasteiger partial charge in [0.05, 0.1) is 6.10 Å². The minimum Gasteiger partial charge on any atom is -0.376 e. The predicted molar refractivity (Wildman–Crippen MR) is 96.8 cm³/mol. The summed E-state index contributed by atoms with van der Waals surface area (Å²) in [5, 5.41) is 5.92. The molecule has 1 aliphatic heterocycles. The van der Waals surface area contributed by atoms with Gasteiger partial charge in [0.15, 0.2) is 0 Å². The van der Waals surface area contributed by atoms with Gasteiger partial charge in [-0.1, -0.05) is 12.8 Å². The molecule has 25 heavy (non-hydrogen) atoms. The van der Waals surface area contributed by atoms with Gasteiger partial charge < -0.3 is 20.3 Å². The summed E-state index contributed by atoms with van der Waals surface area (Å²) in [7, 11) is 1.76. The van der Waals surface area contributed by atoms with E-state index in [-0.39, 0.29) is 18.0 Å². The van der Waals surface area contributed by atoms with Crippen molar-refractivity contribution in [2.24, 2.45) is 0 Å². The number of urea groups is 1. The molecule has 2 aliphatic rings. The van der Waals surface area contributed by atoms with E-state index < -0.39 is 0 Å². The van der Waals surface area contributed by atoms with Gasteiger partial charge in [-0.25, -0.2) is 4.79 Å². The molecule has 2 N–H and O–H groups in total. The minimum atomic E-state index is -0.168. The van der Waals surface area contributed by atoms with Gasteiger partial charge in [-0.3, -0.25) is 4.79 Å². The molecule has 1 aromatic carbocycles. The van der Waals surface area contributed by atoms with E-state index in [1.165, 1.54) is 12.8 Å². The number of hydrogen-bond donors (Lipinski definition) is 2. The molecule has 1 saturated carbocycles. The summed E-state index contributed by atoms with van der Waals surface area (Å²) in [5.41, 5.74) is 1.30. The van der Waals surface area contributed by atoms with Crippen LogP contribution in [0.4, 0.5) is 10.5 Å². The van der Waals surface area contributed by atoms with Crippen molar-refractivity contribution in [3.05, 3.63) is 29.8 Å². The third-order valence-corrected chi connectivity index (χ3v) is 4.94. The van der Waals surface area contributed by atoms with Gasteiger partial charge in [0, 0.05) is 37.5 Å². The lowest BCUT2D eigenvalue weighted by molar-refractivity contribution is 0.0894. The normalized spacial score (nSPS) is 20.4. The van der Waals surface area contributed by atoms with Crippen molar-refractivity contribution in [3.63, 3.8) is 0 Å². The molecule has 0 aromatic heterocycles. The second-order valence-corrected chi connectivity index (χ2v) is 6.98. The lowest BCUT2D eigenvalue weighted by Gasteiger charge is -2.21. The Morgan fingerprint density at radius 2 is 1.84 bits per heavy atom. The lowest BCUT2D eigenvalue weighted by atomic mass is 10.1. The van der Waals surface area contributed by atoms with Crippen molar-refractivity contribution in [2.45, 2.75) is 50.7 Å². The zero-order valence-electron chi connectivity index (χ0n) is 14.8. The summed E-state index contributed by atoms with van der Waals surface area (Å²) in [6.07, 6.45) is 6.71. The molecular formula is C19H27N3O3. The smallest absolute Gasteiger partial charge is 0.321 e. The van der Waals surface area contributed by atoms with Crippen molar-refractivity contribution in [1.29, 1.82) is 0 Å². The van der Waals surface area contributed by atoms with Crippen LogP contribution in [0.3, 0.4) is 0 Å². The predicted octanol–water partition coefficient (Wildman–Crippen LogP) is 3.00. The number of rotatable bonds is 5. The molecule has 0 spiro atoms. The van der Waals surface area contributed by atoms with Crippen LogP contribution in [0.15, 0.2) is 24.3 Å². The first-order valence-corrected chi connectivity index (χ1v) is 9.16. The Bertz CT molecular complexity index is 590. The molecule has 3 amide bonds. The van der Waals surface area contributed by atoms with Crippen molar-refractivity contribution in [3.8, 4) is 0 Å². The van der Waals surface area contributed by atoms with Crippen molar-refractivity contribution < 1.29 is 14.3 Å². The number of nitrogens with zero attached hydrogens (tertiary/aromatic N) is 1. The van der Waals surface area contributed by atoms with Crippen LogP contribution in [0.2, 0.25) is 0 Å². The number of likely N-dealkylation sites (N-methyl/N-ethyl adjacent to an activating group) is 1. The molecule has 1 heterocycles. The SMILES string of the molecule is CN(C[C@@H]1CCCO1)C(=O)Nc1ccc(C(=O)NC2CCCC2)cc1. The molecule has 6 nitrogen and oxygen atoms in total. The van der Waals surface area contributed by atoms with Crippen LogP contribution in [0.25, 0.3) is 0 Å². The molecule has 0 radical (unpaired) electrons. The first kappa shape index (κ1) is 17.7. The quantitative estimate of drug-likeness (QED) is 0.862. The fraction of sp³-hybridized carbons (Fsp3) is 0.579. The zero-order chi connectivity index (χ0) is 17.6. The Balaban J connectivity index is 1.49. The maximum Gasteiger partial charge on any atom is 0.321 e. The third kappa shape index (κ3) is 4.95. The average Bonchev–Trinajstić information content (AvgIpc) is 3.29. The minimum absolute atomic E-state index is 0.0414. The van der Waals surface area contributed by atoms with E-state index >= 15 is 0 Å². The van der Waals surface area contributed by atoms with Crippen molar-refractivity contribution >= 4 is 17.6 Å². The number of anilines is 1. The van der Waals surface area contributed by atoms with E-state index in [4.69, 9.17) is 4.74 Å². The molecule has 1 aromatic rings. The molecule has 1 saturated heterocycles. The molecular weight excluding hydrogens is 318 g/mol. The Labute approximate surface area is 148 Å². The Kier molecular flexibility index (Phi) is 5.91.